The molecule has 0 saturated carbocycles. The van der Waals surface area contributed by atoms with Crippen molar-refractivity contribution in [3.63, 3.8) is 0 Å². The molecule has 0 fully saturated rings. The minimum absolute atomic E-state index is 0.0273. The number of likely N-dealkylation sites (N-methyl/N-ethyl adjacent to an activating group) is 1. The van der Waals surface area contributed by atoms with Gasteiger partial charge >= 0.3 is 5.97 Å². The molecule has 2 unspecified atom stereocenters. The minimum Gasteiger partial charge on any atom is -0.756 e. The second kappa shape index (κ2) is 45.5. The lowest BCUT2D eigenvalue weighted by Gasteiger charge is -2.28. The van der Waals surface area contributed by atoms with Crippen LogP contribution in [-0.4, -0.2) is 70.7 Å². The summed E-state index contributed by atoms with van der Waals surface area (Å²) in [5.41, 5.74) is 0. The first-order valence-corrected chi connectivity index (χ1v) is 27.5. The molecule has 0 aromatic rings. The first kappa shape index (κ1) is 60.0. The largest absolute Gasteiger partial charge is 0.756 e. The molecule has 8 nitrogen and oxygen atoms in total. The number of carbonyl (C=O) groups is 1. The summed E-state index contributed by atoms with van der Waals surface area (Å²) in [7, 11) is 1.36. The molecule has 0 rings (SSSR count). The Balaban J connectivity index is 4.12. The lowest BCUT2D eigenvalue weighted by Crippen LogP contribution is -2.37. The van der Waals surface area contributed by atoms with Crippen molar-refractivity contribution in [2.45, 2.75) is 251 Å². The monoisotopic (exact) mass is 884 g/mol. The lowest BCUT2D eigenvalue weighted by atomic mass is 10.1. The summed E-state index contributed by atoms with van der Waals surface area (Å²) in [5.74, 6) is -0.333. The zero-order valence-electron chi connectivity index (χ0n) is 41.1. The van der Waals surface area contributed by atoms with E-state index in [1.807, 2.05) is 21.1 Å². The SMILES string of the molecule is CCCCCCCC/C=C\CCCCCCCCCCCCOCC(COP(=O)([O-])OCC[N+](C)(C)C)OC(=O)CCCCCCCCCCC/C=C\CCCCCCCC. The molecule has 0 aromatic heterocycles. The van der Waals surface area contributed by atoms with Crippen LogP contribution in [0.1, 0.15) is 245 Å². The number of carbonyl (C=O) groups excluding carboxylic acids is 1. The Morgan fingerprint density at radius 2 is 0.852 bits per heavy atom. The fraction of sp³-hybridized carbons (Fsp3) is 0.904. The molecule has 0 heterocycles. The number of esters is 1. The van der Waals surface area contributed by atoms with Gasteiger partial charge in [0.2, 0.25) is 0 Å². The van der Waals surface area contributed by atoms with Crippen molar-refractivity contribution >= 4 is 13.8 Å². The van der Waals surface area contributed by atoms with Crippen LogP contribution < -0.4 is 4.89 Å². The van der Waals surface area contributed by atoms with Gasteiger partial charge in [0.15, 0.2) is 0 Å². The number of hydrogen-bond donors (Lipinski definition) is 0. The van der Waals surface area contributed by atoms with E-state index < -0.39 is 13.9 Å². The van der Waals surface area contributed by atoms with Crippen LogP contribution in [-0.2, 0) is 27.9 Å². The topological polar surface area (TPSA) is 94.1 Å². The third-order valence-electron chi connectivity index (χ3n) is 11.5. The van der Waals surface area contributed by atoms with Gasteiger partial charge < -0.3 is 27.9 Å². The quantitative estimate of drug-likeness (QED) is 0.0197. The average Bonchev–Trinajstić information content (AvgIpc) is 3.22. The fourth-order valence-electron chi connectivity index (χ4n) is 7.42. The highest BCUT2D eigenvalue weighted by molar-refractivity contribution is 7.45. The van der Waals surface area contributed by atoms with Gasteiger partial charge in [-0.25, -0.2) is 0 Å². The van der Waals surface area contributed by atoms with Crippen LogP contribution in [0.2, 0.25) is 0 Å². The normalized spacial score (nSPS) is 13.7. The van der Waals surface area contributed by atoms with Crippen LogP contribution in [0.5, 0.6) is 0 Å². The van der Waals surface area contributed by atoms with E-state index >= 15 is 0 Å². The summed E-state index contributed by atoms with van der Waals surface area (Å²) in [6.45, 7) is 5.44. The first-order valence-electron chi connectivity index (χ1n) is 26.1. The van der Waals surface area contributed by atoms with Crippen molar-refractivity contribution in [1.82, 2.24) is 0 Å². The van der Waals surface area contributed by atoms with Gasteiger partial charge in [-0.05, 0) is 64.2 Å². The van der Waals surface area contributed by atoms with Crippen LogP contribution in [0, 0.1) is 0 Å². The lowest BCUT2D eigenvalue weighted by molar-refractivity contribution is -0.870. The zero-order valence-corrected chi connectivity index (χ0v) is 42.0. The smallest absolute Gasteiger partial charge is 0.306 e. The average molecular weight is 884 g/mol. The summed E-state index contributed by atoms with van der Waals surface area (Å²) in [6.07, 6.45) is 53.4. The Morgan fingerprint density at radius 1 is 0.492 bits per heavy atom. The van der Waals surface area contributed by atoms with Crippen LogP contribution >= 0.6 is 7.82 Å². The summed E-state index contributed by atoms with van der Waals surface area (Å²) >= 11 is 0. The summed E-state index contributed by atoms with van der Waals surface area (Å²) < 4.78 is 34.8. The molecule has 0 spiro atoms. The van der Waals surface area contributed by atoms with Gasteiger partial charge in [0.05, 0.1) is 34.4 Å². The van der Waals surface area contributed by atoms with Gasteiger partial charge in [0.1, 0.15) is 19.3 Å². The Bertz CT molecular complexity index is 1030. The molecule has 0 aliphatic heterocycles. The van der Waals surface area contributed by atoms with Crippen LogP contribution in [0.25, 0.3) is 0 Å². The number of unbranched alkanes of at least 4 members (excludes halogenated alkanes) is 31. The van der Waals surface area contributed by atoms with Gasteiger partial charge in [0, 0.05) is 13.0 Å². The highest BCUT2D eigenvalue weighted by Gasteiger charge is 2.20. The zero-order chi connectivity index (χ0) is 44.8. The first-order chi connectivity index (χ1) is 29.6. The van der Waals surface area contributed by atoms with Crippen LogP contribution in [0.4, 0.5) is 0 Å². The Morgan fingerprint density at radius 3 is 1.25 bits per heavy atom. The third kappa shape index (κ3) is 49.8. The number of ether oxygens (including phenoxy) is 2. The van der Waals surface area contributed by atoms with Crippen molar-refractivity contribution in [1.29, 1.82) is 0 Å². The molecule has 0 N–H and O–H groups in total. The van der Waals surface area contributed by atoms with E-state index in [0.29, 0.717) is 24.1 Å². The standard InChI is InChI=1S/C52H102NO7P/c1-6-8-10-12-14-16-18-20-22-24-26-28-30-32-34-36-38-40-42-44-47-57-49-51(50-59-61(55,56)58-48-46-53(3,4)5)60-52(54)45-43-41-39-37-35-33-31-29-27-25-23-21-19-17-15-13-11-9-7-2/h20-23,51H,6-19,24-50H2,1-5H3/b22-20-,23-21-. The molecule has 0 amide bonds. The van der Waals surface area contributed by atoms with E-state index in [-0.39, 0.29) is 25.8 Å². The van der Waals surface area contributed by atoms with Crippen LogP contribution in [0.15, 0.2) is 24.3 Å². The Labute approximate surface area is 379 Å². The van der Waals surface area contributed by atoms with E-state index in [0.717, 1.165) is 32.1 Å². The van der Waals surface area contributed by atoms with Gasteiger partial charge in [-0.2, -0.15) is 0 Å². The predicted molar refractivity (Wildman–Crippen MR) is 259 cm³/mol. The van der Waals surface area contributed by atoms with Crippen molar-refractivity contribution in [3.8, 4) is 0 Å². The van der Waals surface area contributed by atoms with Crippen molar-refractivity contribution in [3.05, 3.63) is 24.3 Å². The highest BCUT2D eigenvalue weighted by Crippen LogP contribution is 2.38. The summed E-state index contributed by atoms with van der Waals surface area (Å²) in [6, 6.07) is 0. The molecule has 61 heavy (non-hydrogen) atoms. The third-order valence-corrected chi connectivity index (χ3v) is 12.4. The van der Waals surface area contributed by atoms with Crippen molar-refractivity contribution in [2.24, 2.45) is 0 Å². The Kier molecular flexibility index (Phi) is 44.8. The molecule has 0 bridgehead atoms. The molecule has 362 valence electrons. The summed E-state index contributed by atoms with van der Waals surface area (Å²) in [5, 5.41) is 0. The van der Waals surface area contributed by atoms with Crippen molar-refractivity contribution in [2.75, 3.05) is 54.1 Å². The molecule has 0 radical (unpaired) electrons. The number of allylic oxidation sites excluding steroid dienone is 4. The maximum Gasteiger partial charge on any atom is 0.306 e. The number of hydrogen-bond acceptors (Lipinski definition) is 7. The van der Waals surface area contributed by atoms with E-state index in [1.165, 1.54) is 193 Å². The molecule has 2 atom stereocenters. The van der Waals surface area contributed by atoms with E-state index in [9.17, 15) is 14.3 Å². The van der Waals surface area contributed by atoms with E-state index in [2.05, 4.69) is 38.2 Å². The number of quaternary nitrogens is 1. The molecular weight excluding hydrogens is 782 g/mol. The molecule has 0 aromatic carbocycles. The second-order valence-corrected chi connectivity index (χ2v) is 20.3. The van der Waals surface area contributed by atoms with Gasteiger partial charge in [-0.1, -0.05) is 199 Å². The maximum atomic E-state index is 12.7. The van der Waals surface area contributed by atoms with E-state index in [4.69, 9.17) is 18.5 Å². The molecular formula is C52H102NO7P. The van der Waals surface area contributed by atoms with Gasteiger partial charge in [0.25, 0.3) is 7.82 Å². The number of nitrogens with zero attached hydrogens (tertiary/aromatic N) is 1. The predicted octanol–water partition coefficient (Wildman–Crippen LogP) is 15.3. The van der Waals surface area contributed by atoms with Gasteiger partial charge in [-0.3, -0.25) is 9.36 Å². The van der Waals surface area contributed by atoms with Crippen molar-refractivity contribution < 1.29 is 37.3 Å². The second-order valence-electron chi connectivity index (χ2n) is 18.9. The molecule has 9 heteroatoms. The number of phosphoric acid groups is 1. The van der Waals surface area contributed by atoms with Gasteiger partial charge in [-0.15, -0.1) is 0 Å². The summed E-state index contributed by atoms with van der Waals surface area (Å²) in [4.78, 5) is 25.2. The Hall–Kier alpha value is -1.02. The van der Waals surface area contributed by atoms with E-state index in [1.54, 1.807) is 0 Å². The minimum atomic E-state index is -4.53. The number of rotatable bonds is 49. The highest BCUT2D eigenvalue weighted by atomic mass is 31.2. The molecule has 0 saturated heterocycles. The molecule has 0 aliphatic rings. The fourth-order valence-corrected chi connectivity index (χ4v) is 8.15. The maximum absolute atomic E-state index is 12.7. The van der Waals surface area contributed by atoms with Crippen LogP contribution in [0.3, 0.4) is 0 Å². The number of phosphoric ester groups is 1. The molecule has 0 aliphatic carbocycles.